The van der Waals surface area contributed by atoms with Gasteiger partial charge in [-0.25, -0.2) is 9.37 Å². The van der Waals surface area contributed by atoms with Crippen LogP contribution < -0.4 is 5.32 Å². The van der Waals surface area contributed by atoms with Crippen LogP contribution in [0.25, 0.3) is 17.1 Å². The number of aromatic nitrogens is 2. The Balaban J connectivity index is 1.75. The standard InChI is InChI=1S/C17H11ClFN3O/c18-12-4-3-7-15(17(12)19)22-16(23)9-8-11-10-20-13-5-1-2-6-14(13)21-11/h1-10H,(H,22,23)/b9-8+. The number of benzene rings is 2. The van der Waals surface area contributed by atoms with E-state index in [2.05, 4.69) is 15.3 Å². The zero-order valence-electron chi connectivity index (χ0n) is 11.8. The highest BCUT2D eigenvalue weighted by Crippen LogP contribution is 2.21. The third-order valence-electron chi connectivity index (χ3n) is 3.08. The van der Waals surface area contributed by atoms with Crippen LogP contribution in [-0.4, -0.2) is 15.9 Å². The van der Waals surface area contributed by atoms with E-state index in [0.717, 1.165) is 11.0 Å². The molecule has 1 aromatic heterocycles. The van der Waals surface area contributed by atoms with Crippen molar-refractivity contribution in [2.75, 3.05) is 5.32 Å². The van der Waals surface area contributed by atoms with Crippen molar-refractivity contribution in [2.45, 2.75) is 0 Å². The molecule has 2 aromatic carbocycles. The number of amides is 1. The van der Waals surface area contributed by atoms with Gasteiger partial charge in [0, 0.05) is 6.08 Å². The van der Waals surface area contributed by atoms with Gasteiger partial charge in [-0.1, -0.05) is 29.8 Å². The first-order valence-corrected chi connectivity index (χ1v) is 7.16. The Bertz CT molecular complexity index is 911. The van der Waals surface area contributed by atoms with Crippen molar-refractivity contribution in [1.29, 1.82) is 0 Å². The molecule has 0 fully saturated rings. The third-order valence-corrected chi connectivity index (χ3v) is 3.37. The number of halogens is 2. The van der Waals surface area contributed by atoms with Gasteiger partial charge in [0.15, 0.2) is 5.82 Å². The second-order valence-corrected chi connectivity index (χ2v) is 5.11. The Kier molecular flexibility index (Phi) is 4.30. The van der Waals surface area contributed by atoms with E-state index in [-0.39, 0.29) is 10.7 Å². The topological polar surface area (TPSA) is 54.9 Å². The minimum Gasteiger partial charge on any atom is -0.320 e. The van der Waals surface area contributed by atoms with Crippen LogP contribution >= 0.6 is 11.6 Å². The molecule has 1 amide bonds. The number of rotatable bonds is 3. The number of nitrogens with one attached hydrogen (secondary N) is 1. The normalized spacial score (nSPS) is 11.0. The quantitative estimate of drug-likeness (QED) is 0.738. The maximum atomic E-state index is 13.7. The van der Waals surface area contributed by atoms with Crippen molar-refractivity contribution in [1.82, 2.24) is 9.97 Å². The van der Waals surface area contributed by atoms with E-state index >= 15 is 0 Å². The summed E-state index contributed by atoms with van der Waals surface area (Å²) in [5, 5.41) is 2.38. The molecule has 0 aliphatic heterocycles. The van der Waals surface area contributed by atoms with Gasteiger partial charge in [0.1, 0.15) is 0 Å². The lowest BCUT2D eigenvalue weighted by molar-refractivity contribution is -0.111. The summed E-state index contributed by atoms with van der Waals surface area (Å²) in [5.74, 6) is -1.15. The fourth-order valence-electron chi connectivity index (χ4n) is 1.99. The summed E-state index contributed by atoms with van der Waals surface area (Å²) < 4.78 is 13.7. The zero-order chi connectivity index (χ0) is 16.2. The number of anilines is 1. The maximum Gasteiger partial charge on any atom is 0.248 e. The first kappa shape index (κ1) is 15.1. The van der Waals surface area contributed by atoms with E-state index in [9.17, 15) is 9.18 Å². The van der Waals surface area contributed by atoms with Crippen LogP contribution in [0.2, 0.25) is 5.02 Å². The van der Waals surface area contributed by atoms with Gasteiger partial charge in [0.2, 0.25) is 5.91 Å². The Morgan fingerprint density at radius 1 is 1.13 bits per heavy atom. The molecule has 0 unspecified atom stereocenters. The number of carbonyl (C=O) groups is 1. The number of hydrogen-bond donors (Lipinski definition) is 1. The predicted octanol–water partition coefficient (Wildman–Crippen LogP) is 4.07. The molecule has 0 aliphatic carbocycles. The highest BCUT2D eigenvalue weighted by molar-refractivity contribution is 6.31. The van der Waals surface area contributed by atoms with Crippen molar-refractivity contribution in [3.05, 3.63) is 71.3 Å². The molecule has 0 spiro atoms. The Morgan fingerprint density at radius 3 is 2.74 bits per heavy atom. The molecule has 3 rings (SSSR count). The monoisotopic (exact) mass is 327 g/mol. The molecule has 0 saturated heterocycles. The van der Waals surface area contributed by atoms with Crippen molar-refractivity contribution < 1.29 is 9.18 Å². The van der Waals surface area contributed by atoms with Crippen LogP contribution in [0, 0.1) is 5.82 Å². The molecule has 4 nitrogen and oxygen atoms in total. The minimum absolute atomic E-state index is 0.0248. The summed E-state index contributed by atoms with van der Waals surface area (Å²) in [6.45, 7) is 0. The summed E-state index contributed by atoms with van der Waals surface area (Å²) in [4.78, 5) is 20.5. The Hall–Kier alpha value is -2.79. The summed E-state index contributed by atoms with van der Waals surface area (Å²) in [6, 6.07) is 11.8. The van der Waals surface area contributed by atoms with E-state index < -0.39 is 11.7 Å². The van der Waals surface area contributed by atoms with E-state index in [1.165, 1.54) is 24.3 Å². The fraction of sp³-hybridized carbons (Fsp3) is 0. The van der Waals surface area contributed by atoms with Gasteiger partial charge in [-0.3, -0.25) is 9.78 Å². The molecule has 0 saturated carbocycles. The predicted molar refractivity (Wildman–Crippen MR) is 88.6 cm³/mol. The highest BCUT2D eigenvalue weighted by atomic mass is 35.5. The Morgan fingerprint density at radius 2 is 1.91 bits per heavy atom. The summed E-state index contributed by atoms with van der Waals surface area (Å²) >= 11 is 5.66. The van der Waals surface area contributed by atoms with Crippen LogP contribution in [0.15, 0.2) is 54.7 Å². The molecule has 23 heavy (non-hydrogen) atoms. The number of nitrogens with zero attached hydrogens (tertiary/aromatic N) is 2. The van der Waals surface area contributed by atoms with Crippen molar-refractivity contribution in [3.8, 4) is 0 Å². The lowest BCUT2D eigenvalue weighted by Crippen LogP contribution is -2.09. The van der Waals surface area contributed by atoms with Crippen LogP contribution in [-0.2, 0) is 4.79 Å². The van der Waals surface area contributed by atoms with Crippen LogP contribution in [0.4, 0.5) is 10.1 Å². The van der Waals surface area contributed by atoms with E-state index in [0.29, 0.717) is 5.69 Å². The molecule has 1 heterocycles. The molecule has 114 valence electrons. The first-order valence-electron chi connectivity index (χ1n) is 6.78. The lowest BCUT2D eigenvalue weighted by Gasteiger charge is -2.04. The van der Waals surface area contributed by atoms with Crippen molar-refractivity contribution in [2.24, 2.45) is 0 Å². The molecule has 0 atom stereocenters. The van der Waals surface area contributed by atoms with Crippen LogP contribution in [0.5, 0.6) is 0 Å². The smallest absolute Gasteiger partial charge is 0.248 e. The molecule has 0 bridgehead atoms. The molecule has 3 aromatic rings. The number of fused-ring (bicyclic) bond motifs is 1. The average molecular weight is 328 g/mol. The third kappa shape index (κ3) is 3.52. The molecule has 0 aliphatic rings. The SMILES string of the molecule is O=C(/C=C/c1cnc2ccccc2n1)Nc1cccc(Cl)c1F. The van der Waals surface area contributed by atoms with Crippen molar-refractivity contribution >= 4 is 40.3 Å². The highest BCUT2D eigenvalue weighted by Gasteiger charge is 2.07. The van der Waals surface area contributed by atoms with Gasteiger partial charge in [-0.15, -0.1) is 0 Å². The first-order chi connectivity index (χ1) is 11.1. The molecule has 6 heteroatoms. The van der Waals surface area contributed by atoms with E-state index in [1.54, 1.807) is 12.3 Å². The summed E-state index contributed by atoms with van der Waals surface area (Å²) in [7, 11) is 0. The van der Waals surface area contributed by atoms with E-state index in [1.807, 2.05) is 24.3 Å². The van der Waals surface area contributed by atoms with Gasteiger partial charge in [0.25, 0.3) is 0 Å². The molecular weight excluding hydrogens is 317 g/mol. The Labute approximate surface area is 136 Å². The van der Waals surface area contributed by atoms with Crippen LogP contribution in [0.1, 0.15) is 5.69 Å². The fourth-order valence-corrected chi connectivity index (χ4v) is 2.16. The number of para-hydroxylation sites is 2. The summed E-state index contributed by atoms with van der Waals surface area (Å²) in [6.07, 6.45) is 4.34. The van der Waals surface area contributed by atoms with Gasteiger partial charge < -0.3 is 5.32 Å². The molecule has 0 radical (unpaired) electrons. The van der Waals surface area contributed by atoms with E-state index in [4.69, 9.17) is 11.6 Å². The molecule has 1 N–H and O–H groups in total. The van der Waals surface area contributed by atoms with Gasteiger partial charge in [0.05, 0.1) is 33.6 Å². The van der Waals surface area contributed by atoms with Gasteiger partial charge >= 0.3 is 0 Å². The van der Waals surface area contributed by atoms with Gasteiger partial charge in [-0.05, 0) is 30.3 Å². The molecular formula is C17H11ClFN3O. The largest absolute Gasteiger partial charge is 0.320 e. The zero-order valence-corrected chi connectivity index (χ0v) is 12.6. The second kappa shape index (κ2) is 6.54. The average Bonchev–Trinajstić information content (AvgIpc) is 2.57. The minimum atomic E-state index is -0.665. The lowest BCUT2D eigenvalue weighted by atomic mass is 10.3. The number of hydrogen-bond acceptors (Lipinski definition) is 3. The van der Waals surface area contributed by atoms with Crippen LogP contribution in [0.3, 0.4) is 0 Å². The van der Waals surface area contributed by atoms with Gasteiger partial charge in [-0.2, -0.15) is 0 Å². The van der Waals surface area contributed by atoms with Crippen molar-refractivity contribution in [3.63, 3.8) is 0 Å². The summed E-state index contributed by atoms with van der Waals surface area (Å²) in [5.41, 5.74) is 2.06. The second-order valence-electron chi connectivity index (χ2n) is 4.71. The maximum absolute atomic E-state index is 13.7. The number of carbonyl (C=O) groups excluding carboxylic acids is 1.